The van der Waals surface area contributed by atoms with Crippen molar-refractivity contribution in [2.24, 2.45) is 0 Å². The maximum atomic E-state index is 6.41. The third-order valence-corrected chi connectivity index (χ3v) is 13.0. The average molecular weight is 770 g/mol. The predicted octanol–water partition coefficient (Wildman–Crippen LogP) is 16.7. The molecule has 0 fully saturated rings. The SMILES string of the molecule is c1ccc(-c2cc(-c3cccc4oc5ccccc5c34)cc(N(c3ccc(-c4cc5ccccc5c5ccccc45)cc3)c3cccc4c3sc3ccccc34)c2)cc1. The number of furan rings is 1. The van der Waals surface area contributed by atoms with E-state index < -0.39 is 0 Å². The Balaban J connectivity index is 1.11. The molecule has 3 heteroatoms. The van der Waals surface area contributed by atoms with Gasteiger partial charge >= 0.3 is 0 Å². The number of thiophene rings is 1. The quantitative estimate of drug-likeness (QED) is 0.157. The summed E-state index contributed by atoms with van der Waals surface area (Å²) in [6.45, 7) is 0. The van der Waals surface area contributed by atoms with Crippen molar-refractivity contribution in [2.75, 3.05) is 4.90 Å². The van der Waals surface area contributed by atoms with E-state index in [1.54, 1.807) is 0 Å². The lowest BCUT2D eigenvalue weighted by Gasteiger charge is -2.28. The number of benzene rings is 10. The molecule has 0 bridgehead atoms. The van der Waals surface area contributed by atoms with Crippen LogP contribution in [0, 0.1) is 0 Å². The van der Waals surface area contributed by atoms with E-state index in [-0.39, 0.29) is 0 Å². The van der Waals surface area contributed by atoms with E-state index in [2.05, 4.69) is 211 Å². The molecule has 12 aromatic rings. The molecule has 0 aliphatic rings. The Kier molecular flexibility index (Phi) is 7.75. The van der Waals surface area contributed by atoms with Gasteiger partial charge in [0.15, 0.2) is 0 Å². The van der Waals surface area contributed by atoms with Gasteiger partial charge in [0.05, 0.1) is 10.4 Å². The molecule has 2 nitrogen and oxygen atoms in total. The number of para-hydroxylation sites is 1. The standard InChI is InChI=1S/C56H35NOS/c1-2-14-36(15-3-1)39-32-40(44-22-13-26-53-55(44)49-21-8-10-25-52(49)58-53)34-42(33-39)57(51-24-12-23-48-47-20-9-11-27-54(47)59-56(48)51)41-30-28-37(29-31-41)50-35-38-16-4-5-17-43(38)45-18-6-7-19-46(45)50/h1-35H. The molecule has 0 aliphatic heterocycles. The van der Waals surface area contributed by atoms with Gasteiger partial charge < -0.3 is 9.32 Å². The highest BCUT2D eigenvalue weighted by atomic mass is 32.1. The molecule has 0 amide bonds. The number of anilines is 3. The Morgan fingerprint density at radius 1 is 0.356 bits per heavy atom. The topological polar surface area (TPSA) is 16.4 Å². The van der Waals surface area contributed by atoms with Gasteiger partial charge in [-0.15, -0.1) is 11.3 Å². The summed E-state index contributed by atoms with van der Waals surface area (Å²) in [5, 5.41) is 9.85. The number of hydrogen-bond acceptors (Lipinski definition) is 3. The van der Waals surface area contributed by atoms with Crippen molar-refractivity contribution in [1.82, 2.24) is 0 Å². The minimum atomic E-state index is 0.888. The first-order valence-corrected chi connectivity index (χ1v) is 20.9. The summed E-state index contributed by atoms with van der Waals surface area (Å²) >= 11 is 1.86. The first-order chi connectivity index (χ1) is 29.2. The van der Waals surface area contributed by atoms with Crippen molar-refractivity contribution in [3.8, 4) is 33.4 Å². The first-order valence-electron chi connectivity index (χ1n) is 20.1. The predicted molar refractivity (Wildman–Crippen MR) is 253 cm³/mol. The van der Waals surface area contributed by atoms with E-state index in [9.17, 15) is 0 Å². The lowest BCUT2D eigenvalue weighted by molar-refractivity contribution is 0.669. The molecule has 0 N–H and O–H groups in total. The fourth-order valence-electron chi connectivity index (χ4n) is 9.13. The Bertz CT molecular complexity index is 3560. The average Bonchev–Trinajstić information content (AvgIpc) is 3.89. The number of fused-ring (bicyclic) bond motifs is 9. The van der Waals surface area contributed by atoms with E-state index in [4.69, 9.17) is 4.42 Å². The number of hydrogen-bond donors (Lipinski definition) is 0. The highest BCUT2D eigenvalue weighted by Crippen LogP contribution is 2.48. The molecular weight excluding hydrogens is 735 g/mol. The maximum absolute atomic E-state index is 6.41. The lowest BCUT2D eigenvalue weighted by Crippen LogP contribution is -2.10. The second-order valence-electron chi connectivity index (χ2n) is 15.2. The summed E-state index contributed by atoms with van der Waals surface area (Å²) in [6, 6.07) is 77.1. The molecule has 0 atom stereocenters. The molecule has 2 aromatic heterocycles. The van der Waals surface area contributed by atoms with Crippen molar-refractivity contribution in [3.63, 3.8) is 0 Å². The minimum absolute atomic E-state index is 0.888. The van der Waals surface area contributed by atoms with E-state index in [1.165, 1.54) is 58.4 Å². The molecule has 0 unspecified atom stereocenters. The molecule has 0 saturated heterocycles. The molecule has 2 heterocycles. The van der Waals surface area contributed by atoms with E-state index in [0.717, 1.165) is 55.7 Å². The van der Waals surface area contributed by atoms with Gasteiger partial charge in [0.25, 0.3) is 0 Å². The number of rotatable bonds is 6. The van der Waals surface area contributed by atoms with E-state index in [1.807, 2.05) is 17.4 Å². The monoisotopic (exact) mass is 769 g/mol. The van der Waals surface area contributed by atoms with Gasteiger partial charge in [-0.3, -0.25) is 0 Å². The van der Waals surface area contributed by atoms with Crippen LogP contribution >= 0.6 is 11.3 Å². The first kappa shape index (κ1) is 33.7. The number of nitrogens with zero attached hydrogens (tertiary/aromatic N) is 1. The normalized spacial score (nSPS) is 11.7. The van der Waals surface area contributed by atoms with Crippen LogP contribution in [0.3, 0.4) is 0 Å². The Morgan fingerprint density at radius 2 is 1.02 bits per heavy atom. The van der Waals surface area contributed by atoms with E-state index >= 15 is 0 Å². The largest absolute Gasteiger partial charge is 0.456 e. The van der Waals surface area contributed by atoms with Gasteiger partial charge in [-0.25, -0.2) is 0 Å². The lowest BCUT2D eigenvalue weighted by atomic mass is 9.93. The third-order valence-electron chi connectivity index (χ3n) is 11.8. The van der Waals surface area contributed by atoms with Crippen LogP contribution in [0.1, 0.15) is 0 Å². The Labute approximate surface area is 345 Å². The molecule has 0 aliphatic carbocycles. The van der Waals surface area contributed by atoms with Crippen LogP contribution in [0.25, 0.3) is 97.0 Å². The van der Waals surface area contributed by atoms with Gasteiger partial charge in [-0.05, 0) is 116 Å². The van der Waals surface area contributed by atoms with Crippen molar-refractivity contribution >= 4 is 92.1 Å². The fraction of sp³-hybridized carbons (Fsp3) is 0. The molecule has 10 aromatic carbocycles. The smallest absolute Gasteiger partial charge is 0.136 e. The summed E-state index contributed by atoms with van der Waals surface area (Å²) < 4.78 is 8.95. The molecule has 0 saturated carbocycles. The van der Waals surface area contributed by atoms with Crippen LogP contribution in [-0.2, 0) is 0 Å². The highest BCUT2D eigenvalue weighted by molar-refractivity contribution is 7.26. The maximum Gasteiger partial charge on any atom is 0.136 e. The van der Waals surface area contributed by atoms with Crippen molar-refractivity contribution in [1.29, 1.82) is 0 Å². The summed E-state index contributed by atoms with van der Waals surface area (Å²) in [5.41, 5.74) is 12.1. The zero-order valence-electron chi connectivity index (χ0n) is 32.0. The van der Waals surface area contributed by atoms with Gasteiger partial charge in [0.2, 0.25) is 0 Å². The van der Waals surface area contributed by atoms with E-state index in [0.29, 0.717) is 0 Å². The molecule has 0 spiro atoms. The van der Waals surface area contributed by atoms with Crippen molar-refractivity contribution in [2.45, 2.75) is 0 Å². The summed E-state index contributed by atoms with van der Waals surface area (Å²) in [4.78, 5) is 2.46. The van der Waals surface area contributed by atoms with Gasteiger partial charge in [0, 0.05) is 37.6 Å². The van der Waals surface area contributed by atoms with Crippen LogP contribution < -0.4 is 4.90 Å². The molecule has 12 rings (SSSR count). The summed E-state index contributed by atoms with van der Waals surface area (Å²) in [6.07, 6.45) is 0. The second kappa shape index (κ2) is 13.6. The second-order valence-corrected chi connectivity index (χ2v) is 16.3. The highest BCUT2D eigenvalue weighted by Gasteiger charge is 2.22. The molecule has 276 valence electrons. The Hall–Kier alpha value is -7.46. The van der Waals surface area contributed by atoms with Crippen LogP contribution in [0.4, 0.5) is 17.1 Å². The molecular formula is C56H35NOS. The Morgan fingerprint density at radius 3 is 1.88 bits per heavy atom. The van der Waals surface area contributed by atoms with Crippen LogP contribution in [0.5, 0.6) is 0 Å². The van der Waals surface area contributed by atoms with Crippen LogP contribution in [0.2, 0.25) is 0 Å². The van der Waals surface area contributed by atoms with Crippen LogP contribution in [0.15, 0.2) is 217 Å². The van der Waals surface area contributed by atoms with Gasteiger partial charge in [-0.1, -0.05) is 152 Å². The minimum Gasteiger partial charge on any atom is -0.456 e. The van der Waals surface area contributed by atoms with Crippen molar-refractivity contribution in [3.05, 3.63) is 212 Å². The molecule has 0 radical (unpaired) electrons. The summed E-state index contributed by atoms with van der Waals surface area (Å²) in [7, 11) is 0. The zero-order valence-corrected chi connectivity index (χ0v) is 32.8. The van der Waals surface area contributed by atoms with Crippen LogP contribution in [-0.4, -0.2) is 0 Å². The van der Waals surface area contributed by atoms with Gasteiger partial charge in [-0.2, -0.15) is 0 Å². The third kappa shape index (κ3) is 5.55. The van der Waals surface area contributed by atoms with Crippen molar-refractivity contribution < 1.29 is 4.42 Å². The van der Waals surface area contributed by atoms with Gasteiger partial charge in [0.1, 0.15) is 11.2 Å². The zero-order chi connectivity index (χ0) is 38.9. The summed E-state index contributed by atoms with van der Waals surface area (Å²) in [5.74, 6) is 0. The molecule has 59 heavy (non-hydrogen) atoms. The fourth-order valence-corrected chi connectivity index (χ4v) is 10.3.